The Morgan fingerprint density at radius 3 is 2.52 bits per heavy atom. The van der Waals surface area contributed by atoms with Crippen LogP contribution in [0.3, 0.4) is 0 Å². The quantitative estimate of drug-likeness (QED) is 0.820. The number of amides is 3. The number of nitrogens with one attached hydrogen (secondary N) is 2. The summed E-state index contributed by atoms with van der Waals surface area (Å²) in [4.78, 5) is 38.8. The zero-order valence-electron chi connectivity index (χ0n) is 15.3. The number of nitrogens with zero attached hydrogens (tertiary/aromatic N) is 1. The minimum absolute atomic E-state index is 0.0816. The fraction of sp³-hybridized carbons (Fsp3) is 0.526. The lowest BCUT2D eigenvalue weighted by Gasteiger charge is -2.22. The molecule has 6 nitrogen and oxygen atoms in total. The van der Waals surface area contributed by atoms with Gasteiger partial charge in [-0.05, 0) is 37.3 Å². The van der Waals surface area contributed by atoms with Crippen molar-refractivity contribution in [2.24, 2.45) is 5.92 Å². The van der Waals surface area contributed by atoms with Crippen molar-refractivity contribution in [1.29, 1.82) is 0 Å². The lowest BCUT2D eigenvalue weighted by molar-refractivity contribution is -0.132. The number of carbonyl (C=O) groups is 3. The van der Waals surface area contributed by atoms with Crippen LogP contribution in [0.25, 0.3) is 0 Å². The molecule has 6 heteroatoms. The summed E-state index contributed by atoms with van der Waals surface area (Å²) in [5.41, 5.74) is 1.41. The summed E-state index contributed by atoms with van der Waals surface area (Å²) in [5, 5.41) is 5.62. The molecule has 2 N–H and O–H groups in total. The Bertz CT molecular complexity index is 657. The van der Waals surface area contributed by atoms with Gasteiger partial charge in [-0.1, -0.05) is 32.0 Å². The molecule has 0 unspecified atom stereocenters. The van der Waals surface area contributed by atoms with Crippen molar-refractivity contribution in [1.82, 2.24) is 15.5 Å². The average molecular weight is 345 g/mol. The van der Waals surface area contributed by atoms with E-state index in [1.54, 1.807) is 24.1 Å². The van der Waals surface area contributed by atoms with E-state index in [-0.39, 0.29) is 23.6 Å². The van der Waals surface area contributed by atoms with Gasteiger partial charge in [0.25, 0.3) is 5.91 Å². The third-order valence-electron chi connectivity index (χ3n) is 4.46. The molecule has 3 amide bonds. The minimum Gasteiger partial charge on any atom is -0.344 e. The van der Waals surface area contributed by atoms with E-state index >= 15 is 0 Å². The predicted molar refractivity (Wildman–Crippen MR) is 96.1 cm³/mol. The molecule has 136 valence electrons. The number of hydrogen-bond donors (Lipinski definition) is 2. The van der Waals surface area contributed by atoms with Crippen molar-refractivity contribution >= 4 is 17.7 Å². The van der Waals surface area contributed by atoms with Gasteiger partial charge in [0.1, 0.15) is 12.1 Å². The van der Waals surface area contributed by atoms with E-state index in [1.165, 1.54) is 0 Å². The number of carbonyl (C=O) groups excluding carboxylic acids is 3. The minimum atomic E-state index is -0.661. The SMILES string of the molecule is Cc1ccccc1C(=O)N[C@H](CC(C)C)C(=O)N[C@@H]1CCN(C)C1=O. The predicted octanol–water partition coefficient (Wildman–Crippen LogP) is 1.49. The molecule has 1 aliphatic rings. The van der Waals surface area contributed by atoms with Gasteiger partial charge in [0, 0.05) is 19.2 Å². The van der Waals surface area contributed by atoms with E-state index in [1.807, 2.05) is 32.9 Å². The molecule has 2 rings (SSSR count). The summed E-state index contributed by atoms with van der Waals surface area (Å²) in [6.45, 7) is 6.48. The highest BCUT2D eigenvalue weighted by Gasteiger charge is 2.33. The zero-order chi connectivity index (χ0) is 18.6. The molecule has 0 bridgehead atoms. The summed E-state index contributed by atoms with van der Waals surface area (Å²) in [6, 6.07) is 6.11. The van der Waals surface area contributed by atoms with Gasteiger partial charge < -0.3 is 15.5 Å². The van der Waals surface area contributed by atoms with Crippen LogP contribution in [-0.2, 0) is 9.59 Å². The van der Waals surface area contributed by atoms with Gasteiger partial charge in [0.15, 0.2) is 0 Å². The second kappa shape index (κ2) is 8.14. The highest BCUT2D eigenvalue weighted by atomic mass is 16.2. The maximum absolute atomic E-state index is 12.6. The Kier molecular flexibility index (Phi) is 6.17. The second-order valence-corrected chi connectivity index (χ2v) is 7.08. The normalized spacial score (nSPS) is 18.4. The molecule has 1 aromatic carbocycles. The first-order valence-electron chi connectivity index (χ1n) is 8.71. The molecule has 0 spiro atoms. The van der Waals surface area contributed by atoms with Crippen LogP contribution in [0, 0.1) is 12.8 Å². The Hall–Kier alpha value is -2.37. The molecule has 0 aromatic heterocycles. The van der Waals surface area contributed by atoms with E-state index in [0.29, 0.717) is 24.9 Å². The molecule has 0 saturated carbocycles. The first kappa shape index (κ1) is 19.0. The van der Waals surface area contributed by atoms with Crippen LogP contribution in [0.4, 0.5) is 0 Å². The third-order valence-corrected chi connectivity index (χ3v) is 4.46. The molecule has 1 saturated heterocycles. The van der Waals surface area contributed by atoms with Crippen LogP contribution in [-0.4, -0.2) is 48.3 Å². The largest absolute Gasteiger partial charge is 0.344 e. The lowest BCUT2D eigenvalue weighted by atomic mass is 10.0. The Morgan fingerprint density at radius 2 is 1.96 bits per heavy atom. The van der Waals surface area contributed by atoms with Crippen molar-refractivity contribution in [2.75, 3.05) is 13.6 Å². The average Bonchev–Trinajstić information content (AvgIpc) is 2.86. The van der Waals surface area contributed by atoms with Crippen molar-refractivity contribution in [3.05, 3.63) is 35.4 Å². The van der Waals surface area contributed by atoms with Crippen LogP contribution in [0.1, 0.15) is 42.6 Å². The van der Waals surface area contributed by atoms with Gasteiger partial charge in [0.05, 0.1) is 0 Å². The summed E-state index contributed by atoms with van der Waals surface area (Å²) < 4.78 is 0. The fourth-order valence-electron chi connectivity index (χ4n) is 3.00. The van der Waals surface area contributed by atoms with Gasteiger partial charge in [-0.3, -0.25) is 14.4 Å². The fourth-order valence-corrected chi connectivity index (χ4v) is 3.00. The first-order valence-corrected chi connectivity index (χ1v) is 8.71. The van der Waals surface area contributed by atoms with Crippen molar-refractivity contribution in [3.63, 3.8) is 0 Å². The summed E-state index contributed by atoms with van der Waals surface area (Å²) in [5.74, 6) is -0.421. The van der Waals surface area contributed by atoms with E-state index < -0.39 is 12.1 Å². The van der Waals surface area contributed by atoms with Gasteiger partial charge >= 0.3 is 0 Å². The molecule has 1 fully saturated rings. The highest BCUT2D eigenvalue weighted by molar-refractivity contribution is 5.99. The lowest BCUT2D eigenvalue weighted by Crippen LogP contribution is -2.51. The maximum atomic E-state index is 12.6. The van der Waals surface area contributed by atoms with Crippen LogP contribution in [0.15, 0.2) is 24.3 Å². The molecule has 25 heavy (non-hydrogen) atoms. The molecular weight excluding hydrogens is 318 g/mol. The Morgan fingerprint density at radius 1 is 1.28 bits per heavy atom. The van der Waals surface area contributed by atoms with E-state index in [9.17, 15) is 14.4 Å². The summed E-state index contributed by atoms with van der Waals surface area (Å²) in [7, 11) is 1.72. The Balaban J connectivity index is 2.07. The van der Waals surface area contributed by atoms with Crippen molar-refractivity contribution in [3.8, 4) is 0 Å². The molecule has 2 atom stereocenters. The number of hydrogen-bond acceptors (Lipinski definition) is 3. The van der Waals surface area contributed by atoms with E-state index in [0.717, 1.165) is 5.56 Å². The molecule has 0 radical (unpaired) electrons. The number of aryl methyl sites for hydroxylation is 1. The van der Waals surface area contributed by atoms with E-state index in [2.05, 4.69) is 10.6 Å². The smallest absolute Gasteiger partial charge is 0.252 e. The highest BCUT2D eigenvalue weighted by Crippen LogP contribution is 2.12. The van der Waals surface area contributed by atoms with Gasteiger partial charge in [0.2, 0.25) is 11.8 Å². The van der Waals surface area contributed by atoms with Gasteiger partial charge in [-0.2, -0.15) is 0 Å². The first-order chi connectivity index (χ1) is 11.8. The number of likely N-dealkylation sites (N-methyl/N-ethyl adjacent to an activating group) is 1. The number of rotatable bonds is 6. The molecular formula is C19H27N3O3. The molecule has 1 aromatic rings. The number of likely N-dealkylation sites (tertiary alicyclic amines) is 1. The van der Waals surface area contributed by atoms with Gasteiger partial charge in [-0.15, -0.1) is 0 Å². The van der Waals surface area contributed by atoms with Crippen molar-refractivity contribution in [2.45, 2.75) is 45.7 Å². The molecule has 1 aliphatic heterocycles. The van der Waals surface area contributed by atoms with Crippen LogP contribution in [0.5, 0.6) is 0 Å². The third kappa shape index (κ3) is 4.81. The van der Waals surface area contributed by atoms with Gasteiger partial charge in [-0.25, -0.2) is 0 Å². The standard InChI is InChI=1S/C19H27N3O3/c1-12(2)11-16(18(24)20-15-9-10-22(4)19(15)25)21-17(23)14-8-6-5-7-13(14)3/h5-8,12,15-16H,9-11H2,1-4H3,(H,20,24)(H,21,23)/t15-,16-/m1/s1. The second-order valence-electron chi connectivity index (χ2n) is 7.08. The zero-order valence-corrected chi connectivity index (χ0v) is 15.3. The molecule has 0 aliphatic carbocycles. The van der Waals surface area contributed by atoms with Crippen LogP contribution >= 0.6 is 0 Å². The van der Waals surface area contributed by atoms with Crippen molar-refractivity contribution < 1.29 is 14.4 Å². The maximum Gasteiger partial charge on any atom is 0.252 e. The van der Waals surface area contributed by atoms with Crippen LogP contribution < -0.4 is 10.6 Å². The summed E-state index contributed by atoms with van der Waals surface area (Å²) >= 11 is 0. The molecule has 1 heterocycles. The number of benzene rings is 1. The topological polar surface area (TPSA) is 78.5 Å². The monoisotopic (exact) mass is 345 g/mol. The van der Waals surface area contributed by atoms with E-state index in [4.69, 9.17) is 0 Å². The summed E-state index contributed by atoms with van der Waals surface area (Å²) in [6.07, 6.45) is 1.11. The van der Waals surface area contributed by atoms with Crippen LogP contribution in [0.2, 0.25) is 0 Å². The Labute approximate surface area is 149 Å².